The van der Waals surface area contributed by atoms with Gasteiger partial charge in [0.1, 0.15) is 11.5 Å². The highest BCUT2D eigenvalue weighted by Gasteiger charge is 2.48. The molecule has 0 radical (unpaired) electrons. The molecule has 3 nitrogen and oxygen atoms in total. The van der Waals surface area contributed by atoms with Crippen molar-refractivity contribution in [2.45, 2.75) is 13.8 Å². The lowest BCUT2D eigenvalue weighted by molar-refractivity contribution is 0.488. The third-order valence-electron chi connectivity index (χ3n) is 10.3. The van der Waals surface area contributed by atoms with E-state index in [1.165, 1.54) is 61.4 Å². The summed E-state index contributed by atoms with van der Waals surface area (Å²) in [7, 11) is 0. The van der Waals surface area contributed by atoms with Crippen molar-refractivity contribution in [1.82, 2.24) is 0 Å². The number of hydrogen-bond donors (Lipinski definition) is 0. The van der Waals surface area contributed by atoms with Gasteiger partial charge < -0.3 is 14.5 Å². The number of anilines is 6. The topological polar surface area (TPSA) is 15.7 Å². The lowest BCUT2D eigenvalue weighted by Crippen LogP contribution is -2.63. The first-order chi connectivity index (χ1) is 23.7. The summed E-state index contributed by atoms with van der Waals surface area (Å²) in [5.74, 6) is 1.84. The predicted octanol–water partition coefficient (Wildman–Crippen LogP) is 9.83. The second-order valence-electron chi connectivity index (χ2n) is 13.0. The molecule has 0 bridgehead atoms. The van der Waals surface area contributed by atoms with Crippen molar-refractivity contribution in [3.05, 3.63) is 163 Å². The molecule has 0 saturated heterocycles. The van der Waals surface area contributed by atoms with Crippen LogP contribution in [0, 0.1) is 13.8 Å². The minimum atomic E-state index is 0.0247. The van der Waals surface area contributed by atoms with E-state index in [-0.39, 0.29) is 6.71 Å². The molecule has 0 spiro atoms. The minimum absolute atomic E-state index is 0.0247. The monoisotopic (exact) mass is 614 g/mol. The van der Waals surface area contributed by atoms with E-state index >= 15 is 0 Å². The summed E-state index contributed by atoms with van der Waals surface area (Å²) >= 11 is 0. The first-order valence-electron chi connectivity index (χ1n) is 16.6. The number of nitrogens with zero attached hydrogens (tertiary/aromatic N) is 2. The van der Waals surface area contributed by atoms with Crippen molar-refractivity contribution in [3.63, 3.8) is 0 Å². The number of rotatable bonds is 4. The molecule has 0 unspecified atom stereocenters. The van der Waals surface area contributed by atoms with Crippen molar-refractivity contribution in [2.75, 3.05) is 9.80 Å². The molecule has 4 heteroatoms. The molecule has 0 aromatic heterocycles. The Morgan fingerprint density at radius 2 is 0.854 bits per heavy atom. The number of hydrogen-bond acceptors (Lipinski definition) is 3. The summed E-state index contributed by atoms with van der Waals surface area (Å²) < 4.78 is 7.17. The Morgan fingerprint density at radius 3 is 1.31 bits per heavy atom. The van der Waals surface area contributed by atoms with Gasteiger partial charge in [-0.3, -0.25) is 0 Å². The van der Waals surface area contributed by atoms with Gasteiger partial charge >= 0.3 is 0 Å². The summed E-state index contributed by atoms with van der Waals surface area (Å²) in [5.41, 5.74) is 18.0. The number of para-hydroxylation sites is 2. The van der Waals surface area contributed by atoms with Gasteiger partial charge in [-0.2, -0.15) is 0 Å². The van der Waals surface area contributed by atoms with Crippen LogP contribution in [0.5, 0.6) is 11.5 Å². The van der Waals surface area contributed by atoms with Crippen molar-refractivity contribution >= 4 is 57.2 Å². The summed E-state index contributed by atoms with van der Waals surface area (Å²) in [6.45, 7) is 4.40. The van der Waals surface area contributed by atoms with E-state index < -0.39 is 0 Å². The van der Waals surface area contributed by atoms with E-state index in [0.717, 1.165) is 34.0 Å². The maximum absolute atomic E-state index is 7.17. The van der Waals surface area contributed by atoms with Crippen LogP contribution < -0.4 is 30.9 Å². The molecule has 48 heavy (non-hydrogen) atoms. The molecule has 7 aromatic carbocycles. The predicted molar refractivity (Wildman–Crippen MR) is 201 cm³/mol. The van der Waals surface area contributed by atoms with Gasteiger partial charge in [-0.25, -0.2) is 0 Å². The molecule has 226 valence electrons. The lowest BCUT2D eigenvalue weighted by Gasteiger charge is -2.46. The van der Waals surface area contributed by atoms with E-state index in [1.54, 1.807) is 0 Å². The first kappa shape index (κ1) is 27.1. The average Bonchev–Trinajstić information content (AvgIpc) is 3.12. The fraction of sp³-hybridized carbons (Fsp3) is 0.0455. The van der Waals surface area contributed by atoms with Crippen LogP contribution in [0.4, 0.5) is 34.1 Å². The molecule has 0 aliphatic carbocycles. The van der Waals surface area contributed by atoms with Crippen molar-refractivity contribution < 1.29 is 4.74 Å². The third kappa shape index (κ3) is 3.83. The highest BCUT2D eigenvalue weighted by Crippen LogP contribution is 2.50. The molecule has 3 aliphatic heterocycles. The van der Waals surface area contributed by atoms with Crippen LogP contribution in [-0.2, 0) is 0 Å². The number of ether oxygens (including phenoxy) is 1. The van der Waals surface area contributed by atoms with Crippen LogP contribution in [0.3, 0.4) is 0 Å². The van der Waals surface area contributed by atoms with Gasteiger partial charge in [-0.05, 0) is 124 Å². The van der Waals surface area contributed by atoms with Crippen LogP contribution in [0.1, 0.15) is 11.1 Å². The Balaban J connectivity index is 1.33. The first-order valence-corrected chi connectivity index (χ1v) is 16.6. The second-order valence-corrected chi connectivity index (χ2v) is 13.0. The fourth-order valence-corrected chi connectivity index (χ4v) is 8.20. The molecule has 0 fully saturated rings. The Labute approximate surface area is 281 Å². The van der Waals surface area contributed by atoms with Gasteiger partial charge in [-0.1, -0.05) is 91.0 Å². The van der Waals surface area contributed by atoms with E-state index in [4.69, 9.17) is 4.74 Å². The number of aryl methyl sites for hydroxylation is 2. The third-order valence-corrected chi connectivity index (χ3v) is 10.3. The maximum Gasteiger partial charge on any atom is 0.261 e. The highest BCUT2D eigenvalue weighted by atomic mass is 16.5. The van der Waals surface area contributed by atoms with Gasteiger partial charge in [0.15, 0.2) is 0 Å². The standard InChI is InChI=1S/C44H31BN2O/c1-28-14-9-11-20-34(28)30-24-38-43-40(26-30)48-41-27-31(35-21-12-10-15-29(35)2)25-39-44(41)45(43)42-36(46(38)32-16-5-3-6-17-32)22-13-23-37(42)47(39)33-18-7-4-8-19-33/h3-27H,1-2H3. The van der Waals surface area contributed by atoms with E-state index in [0.29, 0.717) is 0 Å². The summed E-state index contributed by atoms with van der Waals surface area (Å²) in [6, 6.07) is 54.9. The van der Waals surface area contributed by atoms with Gasteiger partial charge in [0.25, 0.3) is 6.71 Å². The molecular formula is C44H31BN2O. The molecule has 7 aromatic rings. The van der Waals surface area contributed by atoms with E-state index in [1.807, 2.05) is 0 Å². The van der Waals surface area contributed by atoms with Gasteiger partial charge in [0.2, 0.25) is 0 Å². The Bertz CT molecular complexity index is 2260. The molecule has 10 rings (SSSR count). The van der Waals surface area contributed by atoms with Gasteiger partial charge in [0.05, 0.1) is 0 Å². The largest absolute Gasteiger partial charge is 0.458 e. The lowest BCUT2D eigenvalue weighted by atomic mass is 9.32. The molecule has 0 saturated carbocycles. The Kier molecular flexibility index (Phi) is 5.80. The average molecular weight is 615 g/mol. The van der Waals surface area contributed by atoms with Crippen LogP contribution in [-0.4, -0.2) is 6.71 Å². The molecule has 0 N–H and O–H groups in total. The second kappa shape index (κ2) is 10.3. The maximum atomic E-state index is 7.17. The summed E-state index contributed by atoms with van der Waals surface area (Å²) in [5, 5.41) is 0. The SMILES string of the molecule is Cc1ccccc1-c1cc2c3c(c1)N(c1ccccc1)c1cccc4c1B3c1c(cc(-c3ccccc3C)cc1N4c1ccccc1)O2. The number of benzene rings is 7. The molecule has 0 amide bonds. The van der Waals surface area contributed by atoms with E-state index in [2.05, 4.69) is 175 Å². The van der Waals surface area contributed by atoms with E-state index in [9.17, 15) is 0 Å². The summed E-state index contributed by atoms with van der Waals surface area (Å²) in [6.07, 6.45) is 0. The normalized spacial score (nSPS) is 13.2. The van der Waals surface area contributed by atoms with Crippen LogP contribution in [0.15, 0.2) is 152 Å². The zero-order valence-corrected chi connectivity index (χ0v) is 26.8. The van der Waals surface area contributed by atoms with Crippen molar-refractivity contribution in [2.24, 2.45) is 0 Å². The zero-order chi connectivity index (χ0) is 31.9. The van der Waals surface area contributed by atoms with Crippen LogP contribution in [0.2, 0.25) is 0 Å². The minimum Gasteiger partial charge on any atom is -0.458 e. The molecule has 3 heterocycles. The van der Waals surface area contributed by atoms with Crippen molar-refractivity contribution in [3.8, 4) is 33.8 Å². The van der Waals surface area contributed by atoms with Crippen LogP contribution >= 0.6 is 0 Å². The highest BCUT2D eigenvalue weighted by molar-refractivity contribution is 7.01. The summed E-state index contributed by atoms with van der Waals surface area (Å²) in [4.78, 5) is 4.89. The molecule has 0 atom stereocenters. The van der Waals surface area contributed by atoms with Crippen molar-refractivity contribution in [1.29, 1.82) is 0 Å². The molecular weight excluding hydrogens is 583 g/mol. The smallest absolute Gasteiger partial charge is 0.261 e. The quantitative estimate of drug-likeness (QED) is 0.184. The molecule has 3 aliphatic rings. The Hall–Kier alpha value is -6.00. The van der Waals surface area contributed by atoms with Gasteiger partial charge in [0, 0.05) is 34.1 Å². The fourth-order valence-electron chi connectivity index (χ4n) is 8.20. The van der Waals surface area contributed by atoms with Crippen LogP contribution in [0.25, 0.3) is 22.3 Å². The zero-order valence-electron chi connectivity index (χ0n) is 26.8. The van der Waals surface area contributed by atoms with Gasteiger partial charge in [-0.15, -0.1) is 0 Å². The Morgan fingerprint density at radius 1 is 0.417 bits per heavy atom.